The van der Waals surface area contributed by atoms with Crippen molar-refractivity contribution in [2.45, 2.75) is 0 Å². The number of ether oxygens (including phenoxy) is 4. The average molecular weight is 443 g/mol. The van der Waals surface area contributed by atoms with Crippen LogP contribution in [-0.4, -0.2) is 50.6 Å². The van der Waals surface area contributed by atoms with E-state index in [0.29, 0.717) is 55.0 Å². The molecule has 0 saturated heterocycles. The van der Waals surface area contributed by atoms with Crippen LogP contribution >= 0.6 is 0 Å². The zero-order valence-corrected chi connectivity index (χ0v) is 17.9. The third-order valence-electron chi connectivity index (χ3n) is 4.18. The number of nitrogen functional groups attached to an aromatic ring is 1. The maximum absolute atomic E-state index is 14.2. The van der Waals surface area contributed by atoms with Gasteiger partial charge in [0.2, 0.25) is 5.95 Å². The molecule has 4 N–H and O–H groups in total. The second kappa shape index (κ2) is 11.7. The topological polar surface area (TPSA) is 113 Å². The molecule has 0 spiro atoms. The first-order valence-electron chi connectivity index (χ1n) is 9.88. The number of nitrogens with zero attached hydrogens (tertiary/aromatic N) is 2. The van der Waals surface area contributed by atoms with Gasteiger partial charge in [0.15, 0.2) is 23.1 Å². The second-order valence-electron chi connectivity index (χ2n) is 6.61. The molecule has 0 bridgehead atoms. The van der Waals surface area contributed by atoms with Crippen LogP contribution in [0, 0.1) is 5.82 Å². The molecule has 0 saturated carbocycles. The molecule has 0 aliphatic carbocycles. The summed E-state index contributed by atoms with van der Waals surface area (Å²) in [4.78, 5) is 8.23. The molecule has 0 unspecified atom stereocenters. The van der Waals surface area contributed by atoms with Crippen LogP contribution < -0.4 is 25.8 Å². The maximum atomic E-state index is 14.2. The molecule has 1 aromatic heterocycles. The van der Waals surface area contributed by atoms with Crippen LogP contribution in [0.25, 0.3) is 0 Å². The third kappa shape index (κ3) is 6.69. The van der Waals surface area contributed by atoms with E-state index < -0.39 is 5.82 Å². The number of methoxy groups -OCH3 is 2. The molecular weight excluding hydrogens is 417 g/mol. The van der Waals surface area contributed by atoms with Crippen molar-refractivity contribution >= 4 is 28.8 Å². The summed E-state index contributed by atoms with van der Waals surface area (Å²) in [7, 11) is 3.20. The van der Waals surface area contributed by atoms with Gasteiger partial charge in [0.1, 0.15) is 13.2 Å². The molecule has 0 fully saturated rings. The Kier molecular flexibility index (Phi) is 8.41. The fourth-order valence-electron chi connectivity index (χ4n) is 2.69. The molecule has 2 aromatic carbocycles. The summed E-state index contributed by atoms with van der Waals surface area (Å²) < 4.78 is 35.7. The van der Waals surface area contributed by atoms with E-state index in [2.05, 4.69) is 20.6 Å². The summed E-state index contributed by atoms with van der Waals surface area (Å²) in [6.07, 6.45) is 1.09. The van der Waals surface area contributed by atoms with E-state index in [4.69, 9.17) is 24.7 Å². The fraction of sp³-hybridized carbons (Fsp3) is 0.273. The molecule has 32 heavy (non-hydrogen) atoms. The van der Waals surface area contributed by atoms with Crippen LogP contribution in [0.5, 0.6) is 11.5 Å². The van der Waals surface area contributed by atoms with Crippen LogP contribution in [0.2, 0.25) is 0 Å². The first kappa shape index (κ1) is 23.0. The van der Waals surface area contributed by atoms with Crippen LogP contribution in [0.3, 0.4) is 0 Å². The normalized spacial score (nSPS) is 10.6. The Morgan fingerprint density at radius 3 is 2.31 bits per heavy atom. The van der Waals surface area contributed by atoms with Gasteiger partial charge in [-0.2, -0.15) is 4.98 Å². The highest BCUT2D eigenvalue weighted by Crippen LogP contribution is 2.32. The van der Waals surface area contributed by atoms with Gasteiger partial charge < -0.3 is 35.3 Å². The largest absolute Gasteiger partial charge is 0.487 e. The SMILES string of the molecule is COCCOc1ccc(Nc2ncc(F)c(Nc3cccc(N)c3)n2)cc1OCCOC. The number of hydrogen-bond acceptors (Lipinski definition) is 9. The molecule has 0 aliphatic rings. The van der Waals surface area contributed by atoms with Gasteiger partial charge in [0, 0.05) is 37.3 Å². The van der Waals surface area contributed by atoms with Crippen LogP contribution in [-0.2, 0) is 9.47 Å². The summed E-state index contributed by atoms with van der Waals surface area (Å²) in [5.74, 6) is 0.706. The standard InChI is InChI=1S/C22H26FN5O4/c1-29-8-10-31-19-7-6-17(13-20(19)32-11-9-30-2)27-22-25-14-18(23)21(28-22)26-16-5-3-4-15(24)12-16/h3-7,12-14H,8-11,24H2,1-2H3,(H2,25,26,27,28). The van der Waals surface area contributed by atoms with Crippen molar-refractivity contribution in [1.82, 2.24) is 9.97 Å². The van der Waals surface area contributed by atoms with Gasteiger partial charge in [-0.1, -0.05) is 6.07 Å². The van der Waals surface area contributed by atoms with Gasteiger partial charge in [-0.05, 0) is 30.3 Å². The molecule has 0 atom stereocenters. The van der Waals surface area contributed by atoms with Gasteiger partial charge >= 0.3 is 0 Å². The molecule has 0 radical (unpaired) electrons. The molecular formula is C22H26FN5O4. The highest BCUT2D eigenvalue weighted by molar-refractivity contribution is 5.64. The van der Waals surface area contributed by atoms with Crippen molar-refractivity contribution < 1.29 is 23.3 Å². The van der Waals surface area contributed by atoms with E-state index >= 15 is 0 Å². The molecule has 9 nitrogen and oxygen atoms in total. The lowest BCUT2D eigenvalue weighted by Crippen LogP contribution is -2.09. The van der Waals surface area contributed by atoms with Crippen LogP contribution in [0.15, 0.2) is 48.7 Å². The number of rotatable bonds is 12. The number of benzene rings is 2. The predicted octanol–water partition coefficient (Wildman–Crippen LogP) is 3.74. The molecule has 3 aromatic rings. The highest BCUT2D eigenvalue weighted by Gasteiger charge is 2.11. The number of anilines is 5. The minimum absolute atomic E-state index is 0.0178. The number of nitrogens with one attached hydrogen (secondary N) is 2. The van der Waals surface area contributed by atoms with E-state index in [1.54, 1.807) is 56.7 Å². The Bertz CT molecular complexity index is 1020. The third-order valence-corrected chi connectivity index (χ3v) is 4.18. The van der Waals surface area contributed by atoms with Gasteiger partial charge in [-0.25, -0.2) is 9.37 Å². The lowest BCUT2D eigenvalue weighted by atomic mass is 10.2. The van der Waals surface area contributed by atoms with Crippen LogP contribution in [0.1, 0.15) is 0 Å². The smallest absolute Gasteiger partial charge is 0.229 e. The van der Waals surface area contributed by atoms with Crippen molar-refractivity contribution in [2.24, 2.45) is 0 Å². The zero-order valence-electron chi connectivity index (χ0n) is 17.9. The van der Waals surface area contributed by atoms with E-state index in [0.717, 1.165) is 6.20 Å². The fourth-order valence-corrected chi connectivity index (χ4v) is 2.69. The summed E-state index contributed by atoms with van der Waals surface area (Å²) in [5.41, 5.74) is 7.58. The van der Waals surface area contributed by atoms with Crippen molar-refractivity contribution in [2.75, 3.05) is 57.0 Å². The highest BCUT2D eigenvalue weighted by atomic mass is 19.1. The molecule has 3 rings (SSSR count). The monoisotopic (exact) mass is 443 g/mol. The average Bonchev–Trinajstić information content (AvgIpc) is 2.78. The quantitative estimate of drug-likeness (QED) is 0.285. The molecule has 170 valence electrons. The first-order valence-corrected chi connectivity index (χ1v) is 9.88. The van der Waals surface area contributed by atoms with Gasteiger partial charge in [-0.3, -0.25) is 0 Å². The van der Waals surface area contributed by atoms with E-state index in [9.17, 15) is 4.39 Å². The first-order chi connectivity index (χ1) is 15.6. The summed E-state index contributed by atoms with van der Waals surface area (Å²) in [5, 5.41) is 5.96. The van der Waals surface area contributed by atoms with E-state index in [1.807, 2.05) is 0 Å². The minimum Gasteiger partial charge on any atom is -0.487 e. The minimum atomic E-state index is -0.594. The Balaban J connectivity index is 1.77. The number of aromatic nitrogens is 2. The Labute approximate surface area is 185 Å². The Morgan fingerprint density at radius 1 is 0.875 bits per heavy atom. The Morgan fingerprint density at radius 2 is 1.59 bits per heavy atom. The lowest BCUT2D eigenvalue weighted by Gasteiger charge is -2.15. The number of hydrogen-bond donors (Lipinski definition) is 3. The zero-order chi connectivity index (χ0) is 22.8. The second-order valence-corrected chi connectivity index (χ2v) is 6.61. The molecule has 0 amide bonds. The lowest BCUT2D eigenvalue weighted by molar-refractivity contribution is 0.132. The Hall–Kier alpha value is -3.63. The van der Waals surface area contributed by atoms with E-state index in [1.165, 1.54) is 0 Å². The molecule has 1 heterocycles. The van der Waals surface area contributed by atoms with Gasteiger partial charge in [-0.15, -0.1) is 0 Å². The molecule has 10 heteroatoms. The van der Waals surface area contributed by atoms with Crippen molar-refractivity contribution in [3.63, 3.8) is 0 Å². The summed E-state index contributed by atoms with van der Waals surface area (Å²) >= 11 is 0. The number of halogens is 1. The summed E-state index contributed by atoms with van der Waals surface area (Å²) in [6.45, 7) is 1.60. The predicted molar refractivity (Wildman–Crippen MR) is 121 cm³/mol. The molecule has 0 aliphatic heterocycles. The summed E-state index contributed by atoms with van der Waals surface area (Å²) in [6, 6.07) is 12.2. The van der Waals surface area contributed by atoms with Crippen molar-refractivity contribution in [3.8, 4) is 11.5 Å². The van der Waals surface area contributed by atoms with Crippen LogP contribution in [0.4, 0.5) is 33.2 Å². The van der Waals surface area contributed by atoms with Gasteiger partial charge in [0.25, 0.3) is 0 Å². The van der Waals surface area contributed by atoms with E-state index in [-0.39, 0.29) is 11.8 Å². The maximum Gasteiger partial charge on any atom is 0.229 e. The number of nitrogens with two attached hydrogens (primary N) is 1. The van der Waals surface area contributed by atoms with Gasteiger partial charge in [0.05, 0.1) is 19.4 Å². The van der Waals surface area contributed by atoms with Crippen molar-refractivity contribution in [3.05, 3.63) is 54.5 Å². The van der Waals surface area contributed by atoms with Crippen molar-refractivity contribution in [1.29, 1.82) is 0 Å².